The Labute approximate surface area is 177 Å². The van der Waals surface area contributed by atoms with Gasteiger partial charge in [0.25, 0.3) is 0 Å². The highest BCUT2D eigenvalue weighted by Gasteiger charge is 2.22. The van der Waals surface area contributed by atoms with Gasteiger partial charge in [-0.25, -0.2) is 30.0 Å². The maximum atomic E-state index is 12.7. The number of aromatic nitrogens is 2. The second-order valence-electron chi connectivity index (χ2n) is 6.79. The van der Waals surface area contributed by atoms with Gasteiger partial charge in [-0.2, -0.15) is 0 Å². The molecule has 2 rings (SSSR count). The number of nitrogens with zero attached hydrogens (tertiary/aromatic N) is 2. The summed E-state index contributed by atoms with van der Waals surface area (Å²) in [4.78, 5) is 7.91. The molecule has 166 valence electrons. The molecule has 2 N–H and O–H groups in total. The summed E-state index contributed by atoms with van der Waals surface area (Å²) in [6.45, 7) is 1.80. The van der Waals surface area contributed by atoms with Crippen LogP contribution in [0.4, 0.5) is 5.69 Å². The van der Waals surface area contributed by atoms with Crippen molar-refractivity contribution >= 4 is 35.4 Å². The zero-order valence-electron chi connectivity index (χ0n) is 16.8. The molecule has 10 nitrogen and oxygen atoms in total. The van der Waals surface area contributed by atoms with Crippen LogP contribution in [-0.4, -0.2) is 66.6 Å². The van der Waals surface area contributed by atoms with E-state index in [0.717, 1.165) is 24.3 Å². The Morgan fingerprint density at radius 3 is 2.27 bits per heavy atom. The Bertz CT molecular complexity index is 1230. The van der Waals surface area contributed by atoms with Crippen LogP contribution < -0.4 is 10.0 Å². The van der Waals surface area contributed by atoms with E-state index < -0.39 is 29.7 Å². The van der Waals surface area contributed by atoms with Gasteiger partial charge in [0.2, 0.25) is 10.0 Å². The number of rotatable bonds is 10. The van der Waals surface area contributed by atoms with Crippen molar-refractivity contribution in [3.8, 4) is 0 Å². The van der Waals surface area contributed by atoms with Crippen LogP contribution in [-0.2, 0) is 36.1 Å². The highest BCUT2D eigenvalue weighted by atomic mass is 32.2. The van der Waals surface area contributed by atoms with Crippen LogP contribution in [0.2, 0.25) is 0 Å². The van der Waals surface area contributed by atoms with E-state index in [1.165, 1.54) is 12.1 Å². The van der Waals surface area contributed by atoms with Crippen molar-refractivity contribution < 1.29 is 25.3 Å². The first-order valence-corrected chi connectivity index (χ1v) is 14.2. The molecule has 0 amide bonds. The van der Waals surface area contributed by atoms with Crippen LogP contribution >= 0.6 is 0 Å². The van der Waals surface area contributed by atoms with Crippen LogP contribution in [0.1, 0.15) is 11.4 Å². The number of hydrogen-bond donors (Lipinski definition) is 2. The summed E-state index contributed by atoms with van der Waals surface area (Å²) in [6, 6.07) is 3.72. The van der Waals surface area contributed by atoms with Gasteiger partial charge < -0.3 is 5.32 Å². The molecular weight excluding hydrogens is 452 g/mol. The van der Waals surface area contributed by atoms with Crippen molar-refractivity contribution in [2.24, 2.45) is 0 Å². The van der Waals surface area contributed by atoms with Gasteiger partial charge in [-0.15, -0.1) is 0 Å². The van der Waals surface area contributed by atoms with Crippen molar-refractivity contribution in [2.45, 2.75) is 23.1 Å². The molecular formula is C17H24N4O6S3. The second kappa shape index (κ2) is 9.37. The lowest BCUT2D eigenvalue weighted by atomic mass is 10.2. The zero-order valence-corrected chi connectivity index (χ0v) is 19.2. The number of aryl methyl sites for hydroxylation is 1. The molecule has 0 radical (unpaired) electrons. The second-order valence-corrected chi connectivity index (χ2v) is 12.8. The molecule has 0 saturated heterocycles. The van der Waals surface area contributed by atoms with Crippen molar-refractivity contribution in [1.82, 2.24) is 14.7 Å². The number of sulfonamides is 1. The van der Waals surface area contributed by atoms with Crippen LogP contribution in [0, 0.1) is 6.92 Å². The molecule has 1 aromatic heterocycles. The first-order valence-electron chi connectivity index (χ1n) is 8.81. The first-order chi connectivity index (χ1) is 13.8. The predicted octanol–water partition coefficient (Wildman–Crippen LogP) is 0.166. The van der Waals surface area contributed by atoms with E-state index in [2.05, 4.69) is 20.0 Å². The van der Waals surface area contributed by atoms with Gasteiger partial charge in [-0.05, 0) is 25.1 Å². The molecule has 0 unspecified atom stereocenters. The highest BCUT2D eigenvalue weighted by molar-refractivity contribution is 7.91. The van der Waals surface area contributed by atoms with Gasteiger partial charge in [-0.3, -0.25) is 9.97 Å². The van der Waals surface area contributed by atoms with Gasteiger partial charge in [-0.1, -0.05) is 0 Å². The molecule has 0 aliphatic carbocycles. The van der Waals surface area contributed by atoms with Crippen molar-refractivity contribution in [2.75, 3.05) is 36.7 Å². The number of hydrogen-bond acceptors (Lipinski definition) is 9. The lowest BCUT2D eigenvalue weighted by molar-refractivity contribution is 0.582. The third kappa shape index (κ3) is 7.31. The summed E-state index contributed by atoms with van der Waals surface area (Å²) < 4.78 is 73.9. The molecule has 0 atom stereocenters. The Hall–Kier alpha value is -2.09. The van der Waals surface area contributed by atoms with Gasteiger partial charge in [0.1, 0.15) is 14.7 Å². The molecule has 13 heteroatoms. The third-order valence-corrected chi connectivity index (χ3v) is 7.49. The fraction of sp³-hybridized carbons (Fsp3) is 0.412. The summed E-state index contributed by atoms with van der Waals surface area (Å²) >= 11 is 0. The summed E-state index contributed by atoms with van der Waals surface area (Å²) in [5, 5.41) is 2.97. The molecule has 2 aromatic rings. The third-order valence-electron chi connectivity index (χ3n) is 3.94. The van der Waals surface area contributed by atoms with E-state index in [1.807, 2.05) is 0 Å². The molecule has 30 heavy (non-hydrogen) atoms. The van der Waals surface area contributed by atoms with Crippen LogP contribution in [0.15, 0.2) is 40.4 Å². The largest absolute Gasteiger partial charge is 0.384 e. The summed E-state index contributed by atoms with van der Waals surface area (Å²) in [6.07, 6.45) is 5.65. The predicted molar refractivity (Wildman–Crippen MR) is 113 cm³/mol. The van der Waals surface area contributed by atoms with E-state index in [9.17, 15) is 25.3 Å². The zero-order chi connectivity index (χ0) is 22.6. The average Bonchev–Trinajstić information content (AvgIpc) is 2.59. The number of nitrogens with one attached hydrogen (secondary N) is 2. The van der Waals surface area contributed by atoms with E-state index >= 15 is 0 Å². The SMILES string of the molecule is Cc1cncc(CCNc2ccc(S(C)(=O)=O)cc2S(=O)(=O)NCCS(C)(=O)=O)n1. The van der Waals surface area contributed by atoms with Crippen molar-refractivity contribution in [3.05, 3.63) is 42.0 Å². The van der Waals surface area contributed by atoms with E-state index in [1.54, 1.807) is 19.3 Å². The smallest absolute Gasteiger partial charge is 0.242 e. The van der Waals surface area contributed by atoms with Crippen LogP contribution in [0.3, 0.4) is 0 Å². The molecule has 0 spiro atoms. The minimum absolute atomic E-state index is 0.166. The number of sulfone groups is 2. The summed E-state index contributed by atoms with van der Waals surface area (Å²) in [5.41, 5.74) is 1.66. The molecule has 1 heterocycles. The summed E-state index contributed by atoms with van der Waals surface area (Å²) in [7, 11) is -11.2. The Morgan fingerprint density at radius 1 is 0.967 bits per heavy atom. The quantitative estimate of drug-likeness (QED) is 0.488. The Kier molecular flexibility index (Phi) is 7.55. The number of benzene rings is 1. The average molecular weight is 477 g/mol. The maximum absolute atomic E-state index is 12.7. The molecule has 1 aromatic carbocycles. The van der Waals surface area contributed by atoms with Crippen molar-refractivity contribution in [1.29, 1.82) is 0 Å². The lowest BCUT2D eigenvalue weighted by Crippen LogP contribution is -2.29. The van der Waals surface area contributed by atoms with Gasteiger partial charge in [0, 0.05) is 44.4 Å². The molecule has 0 fully saturated rings. The van der Waals surface area contributed by atoms with E-state index in [0.29, 0.717) is 18.7 Å². The normalized spacial score (nSPS) is 12.6. The maximum Gasteiger partial charge on any atom is 0.242 e. The standard InChI is InChI=1S/C17H24N4O6S3/c1-13-11-18-12-14(21-13)6-7-19-16-5-4-15(29(3,24)25)10-17(16)30(26,27)20-8-9-28(2,22)23/h4-5,10-12,19-20H,6-9H2,1-3H3. The Morgan fingerprint density at radius 2 is 1.67 bits per heavy atom. The summed E-state index contributed by atoms with van der Waals surface area (Å²) in [5.74, 6) is -0.382. The lowest BCUT2D eigenvalue weighted by Gasteiger charge is -2.14. The topological polar surface area (TPSA) is 152 Å². The first kappa shape index (κ1) is 24.2. The fourth-order valence-corrected chi connectivity index (χ4v) is 5.06. The van der Waals surface area contributed by atoms with Crippen molar-refractivity contribution in [3.63, 3.8) is 0 Å². The molecule has 0 bridgehead atoms. The molecule has 0 saturated carbocycles. The minimum Gasteiger partial charge on any atom is -0.384 e. The Balaban J connectivity index is 2.28. The van der Waals surface area contributed by atoms with Crippen LogP contribution in [0.25, 0.3) is 0 Å². The fourth-order valence-electron chi connectivity index (χ4n) is 2.50. The van der Waals surface area contributed by atoms with Gasteiger partial charge in [0.15, 0.2) is 9.84 Å². The minimum atomic E-state index is -4.17. The van der Waals surface area contributed by atoms with Gasteiger partial charge >= 0.3 is 0 Å². The van der Waals surface area contributed by atoms with E-state index in [4.69, 9.17) is 0 Å². The van der Waals surface area contributed by atoms with E-state index in [-0.39, 0.29) is 27.8 Å². The van der Waals surface area contributed by atoms with Gasteiger partial charge in [0.05, 0.1) is 27.7 Å². The molecule has 0 aliphatic heterocycles. The molecule has 0 aliphatic rings. The monoisotopic (exact) mass is 476 g/mol. The number of anilines is 1. The highest BCUT2D eigenvalue weighted by Crippen LogP contribution is 2.25. The van der Waals surface area contributed by atoms with Crippen LogP contribution in [0.5, 0.6) is 0 Å².